The van der Waals surface area contributed by atoms with Crippen LogP contribution in [0.4, 0.5) is 8.78 Å². The second kappa shape index (κ2) is 6.65. The third-order valence-corrected chi connectivity index (χ3v) is 3.75. The van der Waals surface area contributed by atoms with Gasteiger partial charge in [-0.1, -0.05) is 6.07 Å². The maximum absolute atomic E-state index is 13.6. The van der Waals surface area contributed by atoms with E-state index in [0.717, 1.165) is 18.6 Å². The molecule has 1 heterocycles. The van der Waals surface area contributed by atoms with Gasteiger partial charge >= 0.3 is 5.97 Å². The Morgan fingerprint density at radius 1 is 1.29 bits per heavy atom. The molecule has 0 spiro atoms. The van der Waals surface area contributed by atoms with Gasteiger partial charge in [0.1, 0.15) is 17.2 Å². The van der Waals surface area contributed by atoms with Crippen LogP contribution in [-0.4, -0.2) is 35.0 Å². The molecule has 1 aliphatic rings. The van der Waals surface area contributed by atoms with E-state index in [9.17, 15) is 18.4 Å². The maximum atomic E-state index is 13.6. The number of carboxylic acid groups (broad SMARTS) is 1. The van der Waals surface area contributed by atoms with Crippen molar-refractivity contribution in [2.45, 2.75) is 25.7 Å². The van der Waals surface area contributed by atoms with Gasteiger partial charge in [0.2, 0.25) is 0 Å². The quantitative estimate of drug-likeness (QED) is 0.929. The van der Waals surface area contributed by atoms with Crippen molar-refractivity contribution in [1.29, 1.82) is 0 Å². The molecule has 0 radical (unpaired) electrons. The van der Waals surface area contributed by atoms with Gasteiger partial charge in [-0.25, -0.2) is 8.78 Å². The second-order valence-electron chi connectivity index (χ2n) is 5.29. The Labute approximate surface area is 121 Å². The summed E-state index contributed by atoms with van der Waals surface area (Å²) in [4.78, 5) is 24.3. The van der Waals surface area contributed by atoms with Gasteiger partial charge in [-0.2, -0.15) is 0 Å². The molecule has 1 aromatic carbocycles. The number of benzene rings is 1. The van der Waals surface area contributed by atoms with Crippen molar-refractivity contribution in [2.75, 3.05) is 13.1 Å². The fraction of sp³-hybridized carbons (Fsp3) is 0.467. The van der Waals surface area contributed by atoms with Crippen LogP contribution >= 0.6 is 0 Å². The number of carboxylic acids is 1. The molecule has 1 fully saturated rings. The van der Waals surface area contributed by atoms with Crippen molar-refractivity contribution in [3.63, 3.8) is 0 Å². The fourth-order valence-corrected chi connectivity index (χ4v) is 2.67. The highest BCUT2D eigenvalue weighted by Gasteiger charge is 2.28. The Bertz CT molecular complexity index is 527. The van der Waals surface area contributed by atoms with Gasteiger partial charge in [0.15, 0.2) is 0 Å². The maximum Gasteiger partial charge on any atom is 0.303 e. The Morgan fingerprint density at radius 2 is 1.95 bits per heavy atom. The van der Waals surface area contributed by atoms with Crippen LogP contribution in [0.5, 0.6) is 0 Å². The molecular weight excluding hydrogens is 280 g/mol. The smallest absolute Gasteiger partial charge is 0.303 e. The summed E-state index contributed by atoms with van der Waals surface area (Å²) < 4.78 is 27.3. The number of amides is 1. The van der Waals surface area contributed by atoms with Crippen LogP contribution in [0, 0.1) is 17.6 Å². The number of piperidine rings is 1. The molecule has 21 heavy (non-hydrogen) atoms. The molecule has 0 aromatic heterocycles. The van der Waals surface area contributed by atoms with E-state index in [2.05, 4.69) is 0 Å². The third kappa shape index (κ3) is 3.77. The normalized spacial score (nSPS) is 18.6. The summed E-state index contributed by atoms with van der Waals surface area (Å²) in [5.41, 5.74) is -0.531. The van der Waals surface area contributed by atoms with Crippen molar-refractivity contribution >= 4 is 11.9 Å². The summed E-state index contributed by atoms with van der Waals surface area (Å²) in [6, 6.07) is 3.33. The van der Waals surface area contributed by atoms with Gasteiger partial charge in [0, 0.05) is 19.5 Å². The summed E-state index contributed by atoms with van der Waals surface area (Å²) >= 11 is 0. The number of likely N-dealkylation sites (tertiary alicyclic amines) is 1. The van der Waals surface area contributed by atoms with E-state index in [0.29, 0.717) is 25.9 Å². The fourth-order valence-electron chi connectivity index (χ4n) is 2.67. The van der Waals surface area contributed by atoms with E-state index in [1.165, 1.54) is 11.0 Å². The zero-order chi connectivity index (χ0) is 15.4. The Balaban J connectivity index is 2.07. The van der Waals surface area contributed by atoms with Gasteiger partial charge < -0.3 is 10.0 Å². The number of carbonyl (C=O) groups excluding carboxylic acids is 1. The molecule has 0 bridgehead atoms. The van der Waals surface area contributed by atoms with Gasteiger partial charge in [-0.15, -0.1) is 0 Å². The monoisotopic (exact) mass is 297 g/mol. The zero-order valence-corrected chi connectivity index (χ0v) is 11.5. The molecule has 1 unspecified atom stereocenters. The molecule has 1 aromatic rings. The molecule has 1 atom stereocenters. The summed E-state index contributed by atoms with van der Waals surface area (Å²) in [6.07, 6.45) is 2.06. The molecule has 1 saturated heterocycles. The van der Waals surface area contributed by atoms with Crippen LogP contribution in [0.15, 0.2) is 18.2 Å². The standard InChI is InChI=1S/C15H17F2NO3/c16-11-4-1-5-12(17)14(11)15(21)18-8-2-3-10(9-18)6-7-13(19)20/h1,4-5,10H,2-3,6-9H2,(H,19,20). The summed E-state index contributed by atoms with van der Waals surface area (Å²) in [5, 5.41) is 8.69. The second-order valence-corrected chi connectivity index (χ2v) is 5.29. The predicted octanol–water partition coefficient (Wildman–Crippen LogP) is 2.68. The lowest BCUT2D eigenvalue weighted by molar-refractivity contribution is -0.137. The molecule has 1 N–H and O–H groups in total. The van der Waals surface area contributed by atoms with Crippen molar-refractivity contribution in [3.05, 3.63) is 35.4 Å². The summed E-state index contributed by atoms with van der Waals surface area (Å²) in [6.45, 7) is 0.788. The van der Waals surface area contributed by atoms with Crippen molar-refractivity contribution in [2.24, 2.45) is 5.92 Å². The topological polar surface area (TPSA) is 57.6 Å². The largest absolute Gasteiger partial charge is 0.481 e. The first-order valence-corrected chi connectivity index (χ1v) is 6.94. The molecule has 2 rings (SSSR count). The predicted molar refractivity (Wildman–Crippen MR) is 71.9 cm³/mol. The first-order chi connectivity index (χ1) is 9.99. The number of aliphatic carboxylic acids is 1. The third-order valence-electron chi connectivity index (χ3n) is 3.75. The van der Waals surface area contributed by atoms with Crippen LogP contribution in [0.25, 0.3) is 0 Å². The van der Waals surface area contributed by atoms with Crippen molar-refractivity contribution in [3.8, 4) is 0 Å². The molecule has 6 heteroatoms. The number of nitrogens with zero attached hydrogens (tertiary/aromatic N) is 1. The summed E-state index contributed by atoms with van der Waals surface area (Å²) in [7, 11) is 0. The number of hydrogen-bond acceptors (Lipinski definition) is 2. The molecule has 1 amide bonds. The van der Waals surface area contributed by atoms with Crippen LogP contribution < -0.4 is 0 Å². The first kappa shape index (κ1) is 15.4. The highest BCUT2D eigenvalue weighted by atomic mass is 19.1. The molecular formula is C15H17F2NO3. The SMILES string of the molecule is O=C(O)CCC1CCCN(C(=O)c2c(F)cccc2F)C1. The highest BCUT2D eigenvalue weighted by Crippen LogP contribution is 2.24. The Kier molecular flexibility index (Phi) is 4.88. The van der Waals surface area contributed by atoms with Gasteiger partial charge in [-0.3, -0.25) is 9.59 Å². The van der Waals surface area contributed by atoms with Crippen molar-refractivity contribution < 1.29 is 23.5 Å². The van der Waals surface area contributed by atoms with Crippen molar-refractivity contribution in [1.82, 2.24) is 4.90 Å². The average molecular weight is 297 g/mol. The highest BCUT2D eigenvalue weighted by molar-refractivity contribution is 5.94. The van der Waals surface area contributed by atoms with E-state index in [-0.39, 0.29) is 12.3 Å². The molecule has 1 aliphatic heterocycles. The minimum absolute atomic E-state index is 0.0424. The molecule has 0 saturated carbocycles. The van der Waals surface area contributed by atoms with Gasteiger partial charge in [0.25, 0.3) is 5.91 Å². The Morgan fingerprint density at radius 3 is 2.57 bits per heavy atom. The lowest BCUT2D eigenvalue weighted by Crippen LogP contribution is -2.40. The molecule has 114 valence electrons. The van der Waals surface area contributed by atoms with Crippen LogP contribution in [0.2, 0.25) is 0 Å². The lowest BCUT2D eigenvalue weighted by atomic mass is 9.93. The van der Waals surface area contributed by atoms with Gasteiger partial charge in [-0.05, 0) is 37.3 Å². The van der Waals surface area contributed by atoms with E-state index in [1.807, 2.05) is 0 Å². The average Bonchev–Trinajstić information content (AvgIpc) is 2.45. The minimum atomic E-state index is -0.876. The number of hydrogen-bond donors (Lipinski definition) is 1. The van der Waals surface area contributed by atoms with Gasteiger partial charge in [0.05, 0.1) is 0 Å². The van der Waals surface area contributed by atoms with Crippen LogP contribution in [0.3, 0.4) is 0 Å². The van der Waals surface area contributed by atoms with Crippen LogP contribution in [-0.2, 0) is 4.79 Å². The van der Waals surface area contributed by atoms with Crippen LogP contribution in [0.1, 0.15) is 36.0 Å². The zero-order valence-electron chi connectivity index (χ0n) is 11.5. The molecule has 0 aliphatic carbocycles. The van der Waals surface area contributed by atoms with E-state index in [1.54, 1.807) is 0 Å². The minimum Gasteiger partial charge on any atom is -0.481 e. The first-order valence-electron chi connectivity index (χ1n) is 6.94. The number of carbonyl (C=O) groups is 2. The Hall–Kier alpha value is -1.98. The number of halogens is 2. The lowest BCUT2D eigenvalue weighted by Gasteiger charge is -2.32. The van der Waals surface area contributed by atoms with E-state index >= 15 is 0 Å². The van der Waals surface area contributed by atoms with E-state index < -0.39 is 29.1 Å². The van der Waals surface area contributed by atoms with E-state index in [4.69, 9.17) is 5.11 Å². The number of rotatable bonds is 4. The summed E-state index contributed by atoms with van der Waals surface area (Å²) in [5.74, 6) is -3.21. The molecule has 4 nitrogen and oxygen atoms in total.